The van der Waals surface area contributed by atoms with Crippen molar-refractivity contribution >= 4 is 54.8 Å². The molecule has 2 aromatic rings. The van der Waals surface area contributed by atoms with E-state index in [4.69, 9.17) is 17.3 Å². The number of hydrogen-bond acceptors (Lipinski definition) is 2. The Kier molecular flexibility index (Phi) is 4.08. The monoisotopic (exact) mass is 379 g/mol. The van der Waals surface area contributed by atoms with Crippen molar-refractivity contribution in [1.29, 1.82) is 0 Å². The Morgan fingerprint density at radius 2 is 1.88 bits per heavy atom. The fraction of sp³-hybridized carbons (Fsp3) is 0.0909. The van der Waals surface area contributed by atoms with E-state index in [0.29, 0.717) is 5.02 Å². The van der Waals surface area contributed by atoms with Crippen LogP contribution in [0.3, 0.4) is 0 Å². The Hall–Kier alpha value is 0.130. The minimum atomic E-state index is -0.203. The first-order valence-corrected chi connectivity index (χ1v) is 7.43. The average Bonchev–Trinajstić information content (AvgIpc) is 2.68. The first-order chi connectivity index (χ1) is 7.61. The number of thiophene rings is 1. The molecule has 1 nitrogen and oxygen atoms in total. The Morgan fingerprint density at radius 3 is 2.50 bits per heavy atom. The van der Waals surface area contributed by atoms with Gasteiger partial charge in [0.05, 0.1) is 11.1 Å². The number of halogens is 3. The topological polar surface area (TPSA) is 26.0 Å². The molecular formula is C11H8Br2ClNS. The molecule has 84 valence electrons. The van der Waals surface area contributed by atoms with Gasteiger partial charge in [-0.05, 0) is 54.4 Å². The zero-order valence-corrected chi connectivity index (χ0v) is 12.8. The van der Waals surface area contributed by atoms with Crippen LogP contribution >= 0.6 is 54.8 Å². The lowest BCUT2D eigenvalue weighted by molar-refractivity contribution is 0.871. The van der Waals surface area contributed by atoms with Crippen LogP contribution in [-0.2, 0) is 0 Å². The second-order valence-corrected chi connectivity index (χ2v) is 6.13. The van der Waals surface area contributed by atoms with Crippen LogP contribution < -0.4 is 5.73 Å². The molecule has 1 unspecified atom stereocenters. The number of rotatable bonds is 2. The molecule has 0 spiro atoms. The third kappa shape index (κ3) is 2.36. The lowest BCUT2D eigenvalue weighted by atomic mass is 10.0. The zero-order valence-electron chi connectivity index (χ0n) is 8.08. The fourth-order valence-corrected chi connectivity index (χ4v) is 3.65. The van der Waals surface area contributed by atoms with E-state index in [0.717, 1.165) is 20.1 Å². The maximum absolute atomic E-state index is 6.22. The summed E-state index contributed by atoms with van der Waals surface area (Å²) in [6.07, 6.45) is 0. The van der Waals surface area contributed by atoms with Crippen molar-refractivity contribution < 1.29 is 0 Å². The van der Waals surface area contributed by atoms with Crippen LogP contribution in [0.25, 0.3) is 0 Å². The standard InChI is InChI=1S/C11H8Br2ClNS/c12-8-3-1-2-6(10(8)14)11(15)7-4-16-5-9(7)13/h1-5,11H,15H2. The highest BCUT2D eigenvalue weighted by atomic mass is 79.9. The zero-order chi connectivity index (χ0) is 11.7. The maximum Gasteiger partial charge on any atom is 0.0599 e. The second-order valence-electron chi connectivity index (χ2n) is 3.30. The maximum atomic E-state index is 6.22. The molecule has 16 heavy (non-hydrogen) atoms. The fourth-order valence-electron chi connectivity index (χ4n) is 1.44. The van der Waals surface area contributed by atoms with Gasteiger partial charge in [0.1, 0.15) is 0 Å². The first kappa shape index (κ1) is 12.6. The Labute approximate surface area is 120 Å². The van der Waals surface area contributed by atoms with E-state index < -0.39 is 0 Å². The van der Waals surface area contributed by atoms with Crippen LogP contribution in [0, 0.1) is 0 Å². The van der Waals surface area contributed by atoms with Crippen LogP contribution in [0.1, 0.15) is 17.2 Å². The summed E-state index contributed by atoms with van der Waals surface area (Å²) in [5, 5.41) is 4.72. The molecule has 0 fully saturated rings. The lowest BCUT2D eigenvalue weighted by Gasteiger charge is -2.14. The van der Waals surface area contributed by atoms with E-state index in [1.165, 1.54) is 0 Å². The van der Waals surface area contributed by atoms with E-state index in [2.05, 4.69) is 31.9 Å². The largest absolute Gasteiger partial charge is 0.320 e. The van der Waals surface area contributed by atoms with Gasteiger partial charge in [0.2, 0.25) is 0 Å². The normalized spacial score (nSPS) is 12.8. The first-order valence-electron chi connectivity index (χ1n) is 4.52. The molecule has 0 aliphatic heterocycles. The van der Waals surface area contributed by atoms with Crippen molar-refractivity contribution in [3.63, 3.8) is 0 Å². The van der Waals surface area contributed by atoms with Crippen LogP contribution in [-0.4, -0.2) is 0 Å². The van der Waals surface area contributed by atoms with Gasteiger partial charge in [-0.2, -0.15) is 11.3 Å². The van der Waals surface area contributed by atoms with Gasteiger partial charge in [0, 0.05) is 14.3 Å². The van der Waals surface area contributed by atoms with E-state index in [-0.39, 0.29) is 6.04 Å². The minimum absolute atomic E-state index is 0.203. The van der Waals surface area contributed by atoms with E-state index in [1.54, 1.807) is 11.3 Å². The van der Waals surface area contributed by atoms with Crippen LogP contribution in [0.2, 0.25) is 5.02 Å². The molecule has 0 saturated heterocycles. The molecular weight excluding hydrogens is 373 g/mol. The molecule has 1 aromatic carbocycles. The molecule has 2 rings (SSSR count). The van der Waals surface area contributed by atoms with Gasteiger partial charge in [-0.1, -0.05) is 23.7 Å². The summed E-state index contributed by atoms with van der Waals surface area (Å²) < 4.78 is 1.90. The lowest BCUT2D eigenvalue weighted by Crippen LogP contribution is -2.12. The Morgan fingerprint density at radius 1 is 1.12 bits per heavy atom. The third-order valence-electron chi connectivity index (χ3n) is 2.29. The van der Waals surface area contributed by atoms with Crippen molar-refractivity contribution in [2.45, 2.75) is 6.04 Å². The van der Waals surface area contributed by atoms with Crippen LogP contribution in [0.4, 0.5) is 0 Å². The van der Waals surface area contributed by atoms with Crippen LogP contribution in [0.5, 0.6) is 0 Å². The average molecular weight is 382 g/mol. The highest BCUT2D eigenvalue weighted by Crippen LogP contribution is 2.35. The summed E-state index contributed by atoms with van der Waals surface area (Å²) in [4.78, 5) is 0. The van der Waals surface area contributed by atoms with Gasteiger partial charge >= 0.3 is 0 Å². The smallest absolute Gasteiger partial charge is 0.0599 e. The molecule has 2 N–H and O–H groups in total. The predicted molar refractivity (Wildman–Crippen MR) is 77.2 cm³/mol. The van der Waals surface area contributed by atoms with E-state index in [1.807, 2.05) is 29.0 Å². The van der Waals surface area contributed by atoms with Crippen molar-refractivity contribution in [3.8, 4) is 0 Å². The van der Waals surface area contributed by atoms with Gasteiger partial charge in [-0.15, -0.1) is 0 Å². The molecule has 1 atom stereocenters. The molecule has 0 radical (unpaired) electrons. The quantitative estimate of drug-likeness (QED) is 0.780. The molecule has 1 heterocycles. The van der Waals surface area contributed by atoms with E-state index in [9.17, 15) is 0 Å². The molecule has 1 aromatic heterocycles. The van der Waals surface area contributed by atoms with Crippen molar-refractivity contribution in [2.24, 2.45) is 5.73 Å². The van der Waals surface area contributed by atoms with Gasteiger partial charge < -0.3 is 5.73 Å². The predicted octanol–water partition coefficient (Wildman–Crippen LogP) is 4.97. The Bertz CT molecular complexity index is 512. The Balaban J connectivity index is 2.46. The highest BCUT2D eigenvalue weighted by molar-refractivity contribution is 9.10. The van der Waals surface area contributed by atoms with Gasteiger partial charge in [-0.25, -0.2) is 0 Å². The van der Waals surface area contributed by atoms with Crippen molar-refractivity contribution in [2.75, 3.05) is 0 Å². The summed E-state index contributed by atoms with van der Waals surface area (Å²) in [5.74, 6) is 0. The van der Waals surface area contributed by atoms with Gasteiger partial charge in [0.25, 0.3) is 0 Å². The summed E-state index contributed by atoms with van der Waals surface area (Å²) >= 11 is 14.7. The van der Waals surface area contributed by atoms with Gasteiger partial charge in [0.15, 0.2) is 0 Å². The van der Waals surface area contributed by atoms with Crippen molar-refractivity contribution in [3.05, 3.63) is 54.1 Å². The molecule has 0 aliphatic carbocycles. The molecule has 5 heteroatoms. The second kappa shape index (κ2) is 5.19. The molecule has 0 aliphatic rings. The van der Waals surface area contributed by atoms with Gasteiger partial charge in [-0.3, -0.25) is 0 Å². The van der Waals surface area contributed by atoms with Crippen molar-refractivity contribution in [1.82, 2.24) is 0 Å². The van der Waals surface area contributed by atoms with Crippen LogP contribution in [0.15, 0.2) is 37.9 Å². The summed E-state index contributed by atoms with van der Waals surface area (Å²) in [7, 11) is 0. The SMILES string of the molecule is NC(c1cscc1Br)c1cccc(Br)c1Cl. The summed E-state index contributed by atoms with van der Waals surface area (Å²) in [5.41, 5.74) is 8.19. The number of nitrogens with two attached hydrogens (primary N) is 1. The minimum Gasteiger partial charge on any atom is -0.320 e. The molecule has 0 saturated carbocycles. The third-order valence-corrected chi connectivity index (χ3v) is 5.36. The molecule has 0 amide bonds. The highest BCUT2D eigenvalue weighted by Gasteiger charge is 2.16. The number of benzene rings is 1. The van der Waals surface area contributed by atoms with E-state index >= 15 is 0 Å². The summed E-state index contributed by atoms with van der Waals surface area (Å²) in [6.45, 7) is 0. The number of hydrogen-bond donors (Lipinski definition) is 1. The molecule has 0 bridgehead atoms. The summed E-state index contributed by atoms with van der Waals surface area (Å²) in [6, 6.07) is 5.58.